The molecule has 0 bridgehead atoms. The molecular weight excluding hydrogens is 200 g/mol. The first-order chi connectivity index (χ1) is 7.66. The first-order valence-corrected chi connectivity index (χ1v) is 6.06. The van der Waals surface area contributed by atoms with Gasteiger partial charge in [-0.05, 0) is 58.3 Å². The number of hydrogen-bond donors (Lipinski definition) is 2. The van der Waals surface area contributed by atoms with Crippen LogP contribution in [0.1, 0.15) is 29.8 Å². The van der Waals surface area contributed by atoms with Crippen LogP contribution in [0.4, 0.5) is 0 Å². The molecular formula is C12H24N4. The summed E-state index contributed by atoms with van der Waals surface area (Å²) < 4.78 is 1.96. The van der Waals surface area contributed by atoms with Gasteiger partial charge in [0.1, 0.15) is 0 Å². The highest BCUT2D eigenvalue weighted by molar-refractivity contribution is 5.24. The predicted molar refractivity (Wildman–Crippen MR) is 67.5 cm³/mol. The van der Waals surface area contributed by atoms with Gasteiger partial charge in [0.05, 0.1) is 5.69 Å². The lowest BCUT2D eigenvalue weighted by molar-refractivity contribution is 0.625. The van der Waals surface area contributed by atoms with Gasteiger partial charge in [-0.25, -0.2) is 0 Å². The Morgan fingerprint density at radius 1 is 1.25 bits per heavy atom. The molecule has 1 rings (SSSR count). The summed E-state index contributed by atoms with van der Waals surface area (Å²) in [6.07, 6.45) is 3.34. The van der Waals surface area contributed by atoms with Gasteiger partial charge in [0.15, 0.2) is 0 Å². The molecule has 1 aromatic rings. The zero-order valence-corrected chi connectivity index (χ0v) is 10.7. The van der Waals surface area contributed by atoms with Crippen LogP contribution in [0.25, 0.3) is 0 Å². The van der Waals surface area contributed by atoms with E-state index in [4.69, 9.17) is 5.73 Å². The Labute approximate surface area is 98.2 Å². The first kappa shape index (κ1) is 13.2. The number of nitrogens with zero attached hydrogens (tertiary/aromatic N) is 2. The van der Waals surface area contributed by atoms with Gasteiger partial charge in [0.2, 0.25) is 0 Å². The van der Waals surface area contributed by atoms with Crippen molar-refractivity contribution in [2.24, 2.45) is 12.8 Å². The van der Waals surface area contributed by atoms with Crippen molar-refractivity contribution < 1.29 is 0 Å². The van der Waals surface area contributed by atoms with Crippen LogP contribution in [0, 0.1) is 13.8 Å². The van der Waals surface area contributed by atoms with E-state index in [1.165, 1.54) is 17.0 Å². The molecule has 0 saturated carbocycles. The van der Waals surface area contributed by atoms with Gasteiger partial charge < -0.3 is 11.1 Å². The monoisotopic (exact) mass is 224 g/mol. The first-order valence-electron chi connectivity index (χ1n) is 6.06. The summed E-state index contributed by atoms with van der Waals surface area (Å²) in [6.45, 7) is 7.09. The molecule has 0 amide bonds. The molecule has 16 heavy (non-hydrogen) atoms. The summed E-state index contributed by atoms with van der Waals surface area (Å²) in [5.74, 6) is 0. The molecule has 0 unspecified atom stereocenters. The molecule has 3 N–H and O–H groups in total. The topological polar surface area (TPSA) is 55.9 Å². The summed E-state index contributed by atoms with van der Waals surface area (Å²) in [4.78, 5) is 0. The van der Waals surface area contributed by atoms with Crippen LogP contribution in [0.15, 0.2) is 0 Å². The van der Waals surface area contributed by atoms with Crippen LogP contribution in [0.5, 0.6) is 0 Å². The largest absolute Gasteiger partial charge is 0.330 e. The van der Waals surface area contributed by atoms with E-state index in [2.05, 4.69) is 24.3 Å². The normalized spacial score (nSPS) is 11.0. The maximum absolute atomic E-state index is 5.43. The maximum atomic E-state index is 5.43. The van der Waals surface area contributed by atoms with Crippen LogP contribution < -0.4 is 11.1 Å². The van der Waals surface area contributed by atoms with Gasteiger partial charge in [-0.2, -0.15) is 5.10 Å². The van der Waals surface area contributed by atoms with Crippen molar-refractivity contribution in [3.8, 4) is 0 Å². The standard InChI is InChI=1S/C12H24N4/c1-10-12(11(2)16(3)15-10)6-4-8-14-9-5-7-13/h14H,4-9,13H2,1-3H3. The van der Waals surface area contributed by atoms with Gasteiger partial charge in [-0.1, -0.05) is 0 Å². The zero-order chi connectivity index (χ0) is 12.0. The second kappa shape index (κ2) is 6.66. The summed E-state index contributed by atoms with van der Waals surface area (Å²) in [5.41, 5.74) is 9.29. The van der Waals surface area contributed by atoms with E-state index in [-0.39, 0.29) is 0 Å². The Bertz CT molecular complexity index is 317. The van der Waals surface area contributed by atoms with Crippen LogP contribution in [0.3, 0.4) is 0 Å². The van der Waals surface area contributed by atoms with Crippen molar-refractivity contribution in [1.82, 2.24) is 15.1 Å². The average molecular weight is 224 g/mol. The number of nitrogens with two attached hydrogens (primary N) is 1. The number of hydrogen-bond acceptors (Lipinski definition) is 3. The van der Waals surface area contributed by atoms with E-state index in [0.717, 1.165) is 38.9 Å². The molecule has 0 aliphatic carbocycles. The second-order valence-electron chi connectivity index (χ2n) is 4.27. The van der Waals surface area contributed by atoms with Crippen molar-refractivity contribution in [3.05, 3.63) is 17.0 Å². The Morgan fingerprint density at radius 3 is 2.50 bits per heavy atom. The molecule has 1 aromatic heterocycles. The average Bonchev–Trinajstić information content (AvgIpc) is 2.49. The maximum Gasteiger partial charge on any atom is 0.0628 e. The van der Waals surface area contributed by atoms with Gasteiger partial charge in [0.25, 0.3) is 0 Å². The fourth-order valence-electron chi connectivity index (χ4n) is 1.92. The van der Waals surface area contributed by atoms with E-state index in [1.54, 1.807) is 0 Å². The molecule has 4 nitrogen and oxygen atoms in total. The Hall–Kier alpha value is -0.870. The molecule has 1 heterocycles. The highest BCUT2D eigenvalue weighted by Gasteiger charge is 2.07. The van der Waals surface area contributed by atoms with Crippen LogP contribution >= 0.6 is 0 Å². The number of aromatic nitrogens is 2. The lowest BCUT2D eigenvalue weighted by atomic mass is 10.1. The minimum atomic E-state index is 0.772. The molecule has 4 heteroatoms. The minimum absolute atomic E-state index is 0.772. The molecule has 0 saturated heterocycles. The van der Waals surface area contributed by atoms with Gasteiger partial charge in [0, 0.05) is 12.7 Å². The van der Waals surface area contributed by atoms with Gasteiger partial charge in [-0.15, -0.1) is 0 Å². The third-order valence-corrected chi connectivity index (χ3v) is 3.00. The highest BCUT2D eigenvalue weighted by atomic mass is 15.3. The molecule has 0 radical (unpaired) electrons. The summed E-state index contributed by atoms with van der Waals surface area (Å²) in [6, 6.07) is 0. The van der Waals surface area contributed by atoms with E-state index in [1.807, 2.05) is 11.7 Å². The van der Waals surface area contributed by atoms with Gasteiger partial charge >= 0.3 is 0 Å². The molecule has 0 spiro atoms. The van der Waals surface area contributed by atoms with Crippen LogP contribution in [0.2, 0.25) is 0 Å². The Morgan fingerprint density at radius 2 is 1.94 bits per heavy atom. The Balaban J connectivity index is 2.26. The number of nitrogens with one attached hydrogen (secondary N) is 1. The van der Waals surface area contributed by atoms with E-state index < -0.39 is 0 Å². The van der Waals surface area contributed by atoms with Crippen LogP contribution in [-0.4, -0.2) is 29.4 Å². The molecule has 0 aliphatic rings. The fourth-order valence-corrected chi connectivity index (χ4v) is 1.92. The molecule has 92 valence electrons. The van der Waals surface area contributed by atoms with E-state index in [9.17, 15) is 0 Å². The lowest BCUT2D eigenvalue weighted by Gasteiger charge is -2.04. The lowest BCUT2D eigenvalue weighted by Crippen LogP contribution is -2.19. The molecule has 0 aliphatic heterocycles. The zero-order valence-electron chi connectivity index (χ0n) is 10.7. The van der Waals surface area contributed by atoms with E-state index in [0.29, 0.717) is 0 Å². The molecule has 0 aromatic carbocycles. The summed E-state index contributed by atoms with van der Waals surface area (Å²) in [7, 11) is 2.01. The molecule has 0 atom stereocenters. The quantitative estimate of drug-likeness (QED) is 0.677. The Kier molecular flexibility index (Phi) is 5.49. The fraction of sp³-hybridized carbons (Fsp3) is 0.750. The second-order valence-corrected chi connectivity index (χ2v) is 4.27. The number of aryl methyl sites for hydroxylation is 2. The molecule has 0 fully saturated rings. The van der Waals surface area contributed by atoms with Crippen molar-refractivity contribution in [1.29, 1.82) is 0 Å². The third kappa shape index (κ3) is 3.61. The predicted octanol–water partition coefficient (Wildman–Crippen LogP) is 0.908. The number of rotatable bonds is 7. The van der Waals surface area contributed by atoms with Crippen molar-refractivity contribution in [2.75, 3.05) is 19.6 Å². The highest BCUT2D eigenvalue weighted by Crippen LogP contribution is 2.13. The van der Waals surface area contributed by atoms with Crippen molar-refractivity contribution >= 4 is 0 Å². The van der Waals surface area contributed by atoms with Crippen LogP contribution in [-0.2, 0) is 13.5 Å². The SMILES string of the molecule is Cc1nn(C)c(C)c1CCCNCCCN. The third-order valence-electron chi connectivity index (χ3n) is 3.00. The van der Waals surface area contributed by atoms with Crippen molar-refractivity contribution in [3.63, 3.8) is 0 Å². The minimum Gasteiger partial charge on any atom is -0.330 e. The summed E-state index contributed by atoms with van der Waals surface area (Å²) >= 11 is 0. The smallest absolute Gasteiger partial charge is 0.0628 e. The summed E-state index contributed by atoms with van der Waals surface area (Å²) in [5, 5.41) is 7.81. The van der Waals surface area contributed by atoms with Crippen molar-refractivity contribution in [2.45, 2.75) is 33.1 Å². The van der Waals surface area contributed by atoms with E-state index >= 15 is 0 Å². The van der Waals surface area contributed by atoms with Gasteiger partial charge in [-0.3, -0.25) is 4.68 Å².